The number of rotatable bonds is 4. The summed E-state index contributed by atoms with van der Waals surface area (Å²) < 4.78 is 0. The van der Waals surface area contributed by atoms with Gasteiger partial charge in [-0.25, -0.2) is 0 Å². The number of thiophene rings is 1. The van der Waals surface area contributed by atoms with Crippen molar-refractivity contribution >= 4 is 17.2 Å². The van der Waals surface area contributed by atoms with Gasteiger partial charge in [-0.05, 0) is 23.4 Å². The lowest BCUT2D eigenvalue weighted by Gasteiger charge is -2.16. The predicted octanol–water partition coefficient (Wildman–Crippen LogP) is 3.06. The normalized spacial score (nSPS) is 10.2. The van der Waals surface area contributed by atoms with Crippen LogP contribution in [0.2, 0.25) is 0 Å². The lowest BCUT2D eigenvalue weighted by Crippen LogP contribution is -2.28. The predicted molar refractivity (Wildman–Crippen MR) is 71.4 cm³/mol. The number of benzene rings is 1. The summed E-state index contributed by atoms with van der Waals surface area (Å²) in [6.45, 7) is 0.749. The second kappa shape index (κ2) is 5.64. The summed E-state index contributed by atoms with van der Waals surface area (Å²) in [6.07, 6.45) is 0.896. The maximum atomic E-state index is 12.0. The summed E-state index contributed by atoms with van der Waals surface area (Å²) in [7, 11) is 1.85. The van der Waals surface area contributed by atoms with Gasteiger partial charge in [0.05, 0.1) is 5.56 Å². The van der Waals surface area contributed by atoms with E-state index in [4.69, 9.17) is 0 Å². The van der Waals surface area contributed by atoms with Crippen molar-refractivity contribution in [3.05, 3.63) is 58.3 Å². The minimum atomic E-state index is 0.0992. The number of carbonyl (C=O) groups excluding carboxylic acids is 1. The van der Waals surface area contributed by atoms with E-state index in [-0.39, 0.29) is 5.91 Å². The van der Waals surface area contributed by atoms with Crippen LogP contribution in [-0.2, 0) is 6.42 Å². The molecule has 2 rings (SSSR count). The zero-order valence-electron chi connectivity index (χ0n) is 9.80. The van der Waals surface area contributed by atoms with Crippen LogP contribution < -0.4 is 0 Å². The number of carbonyl (C=O) groups is 1. The fourth-order valence-corrected chi connectivity index (χ4v) is 2.28. The maximum absolute atomic E-state index is 12.0. The van der Waals surface area contributed by atoms with Crippen LogP contribution in [0.5, 0.6) is 0 Å². The molecule has 0 aliphatic carbocycles. The van der Waals surface area contributed by atoms with Gasteiger partial charge in [0, 0.05) is 19.0 Å². The van der Waals surface area contributed by atoms with Crippen LogP contribution in [0.1, 0.15) is 15.9 Å². The van der Waals surface area contributed by atoms with Crippen LogP contribution in [0, 0.1) is 0 Å². The Morgan fingerprint density at radius 3 is 2.65 bits per heavy atom. The van der Waals surface area contributed by atoms with Gasteiger partial charge in [0.25, 0.3) is 5.91 Å². The van der Waals surface area contributed by atoms with E-state index >= 15 is 0 Å². The first-order valence-electron chi connectivity index (χ1n) is 5.59. The molecule has 0 atom stereocenters. The number of amides is 1. The summed E-state index contributed by atoms with van der Waals surface area (Å²) in [6, 6.07) is 12.1. The second-order valence-electron chi connectivity index (χ2n) is 3.97. The van der Waals surface area contributed by atoms with Crippen LogP contribution in [0.3, 0.4) is 0 Å². The Hall–Kier alpha value is -1.61. The highest BCUT2D eigenvalue weighted by molar-refractivity contribution is 7.08. The number of hydrogen-bond acceptors (Lipinski definition) is 2. The molecule has 0 N–H and O–H groups in total. The Morgan fingerprint density at radius 1 is 1.24 bits per heavy atom. The summed E-state index contributed by atoms with van der Waals surface area (Å²) >= 11 is 1.55. The highest BCUT2D eigenvalue weighted by atomic mass is 32.1. The monoisotopic (exact) mass is 245 g/mol. The Bertz CT molecular complexity index is 464. The molecule has 0 radical (unpaired) electrons. The van der Waals surface area contributed by atoms with Crippen molar-refractivity contribution in [1.82, 2.24) is 4.90 Å². The molecular formula is C14H15NOS. The largest absolute Gasteiger partial charge is 0.341 e. The van der Waals surface area contributed by atoms with Crippen LogP contribution >= 0.6 is 11.3 Å². The van der Waals surface area contributed by atoms with E-state index in [0.717, 1.165) is 18.5 Å². The molecule has 0 saturated heterocycles. The molecule has 2 aromatic rings. The third-order valence-electron chi connectivity index (χ3n) is 2.69. The Morgan fingerprint density at radius 2 is 2.00 bits per heavy atom. The fraction of sp³-hybridized carbons (Fsp3) is 0.214. The molecule has 1 amide bonds. The van der Waals surface area contributed by atoms with Crippen LogP contribution in [0.25, 0.3) is 0 Å². The first-order valence-corrected chi connectivity index (χ1v) is 6.53. The molecule has 0 bridgehead atoms. The molecule has 0 aliphatic rings. The van der Waals surface area contributed by atoms with E-state index in [0.29, 0.717) is 0 Å². The Kier molecular flexibility index (Phi) is 3.94. The van der Waals surface area contributed by atoms with E-state index in [1.807, 2.05) is 42.1 Å². The van der Waals surface area contributed by atoms with Gasteiger partial charge in [0.15, 0.2) is 0 Å². The highest BCUT2D eigenvalue weighted by Gasteiger charge is 2.11. The number of likely N-dealkylation sites (N-methyl/N-ethyl adjacent to an activating group) is 1. The number of nitrogens with zero attached hydrogens (tertiary/aromatic N) is 1. The van der Waals surface area contributed by atoms with Crippen LogP contribution in [-0.4, -0.2) is 24.4 Å². The molecule has 1 heterocycles. The number of hydrogen-bond donors (Lipinski definition) is 0. The van der Waals surface area contributed by atoms with E-state index in [2.05, 4.69) is 12.1 Å². The molecule has 0 saturated carbocycles. The minimum Gasteiger partial charge on any atom is -0.341 e. The third-order valence-corrected chi connectivity index (χ3v) is 3.38. The Balaban J connectivity index is 1.90. The van der Waals surface area contributed by atoms with Gasteiger partial charge in [0.2, 0.25) is 0 Å². The first-order chi connectivity index (χ1) is 8.27. The van der Waals surface area contributed by atoms with Crippen molar-refractivity contribution in [1.29, 1.82) is 0 Å². The molecule has 0 spiro atoms. The van der Waals surface area contributed by atoms with Gasteiger partial charge >= 0.3 is 0 Å². The summed E-state index contributed by atoms with van der Waals surface area (Å²) in [5.41, 5.74) is 2.04. The lowest BCUT2D eigenvalue weighted by molar-refractivity contribution is 0.0797. The van der Waals surface area contributed by atoms with E-state index in [9.17, 15) is 4.79 Å². The standard InChI is InChI=1S/C14H15NOS/c1-15(14(16)13-8-10-17-11-13)9-7-12-5-3-2-4-6-12/h2-6,8,10-11H,7,9H2,1H3. The van der Waals surface area contributed by atoms with Crippen molar-refractivity contribution in [2.75, 3.05) is 13.6 Å². The van der Waals surface area contributed by atoms with Gasteiger partial charge in [0.1, 0.15) is 0 Å². The third kappa shape index (κ3) is 3.17. The molecule has 88 valence electrons. The molecule has 1 aromatic heterocycles. The van der Waals surface area contributed by atoms with Gasteiger partial charge in [-0.1, -0.05) is 30.3 Å². The van der Waals surface area contributed by atoms with E-state index in [1.165, 1.54) is 5.56 Å². The first kappa shape index (κ1) is 11.9. The summed E-state index contributed by atoms with van der Waals surface area (Å²) in [5, 5.41) is 3.82. The van der Waals surface area contributed by atoms with Gasteiger partial charge < -0.3 is 4.90 Å². The topological polar surface area (TPSA) is 20.3 Å². The SMILES string of the molecule is CN(CCc1ccccc1)C(=O)c1ccsc1. The summed E-state index contributed by atoms with van der Waals surface area (Å²) in [4.78, 5) is 13.7. The van der Waals surface area contributed by atoms with Crippen molar-refractivity contribution < 1.29 is 4.79 Å². The molecule has 2 nitrogen and oxygen atoms in total. The second-order valence-corrected chi connectivity index (χ2v) is 4.75. The highest BCUT2D eigenvalue weighted by Crippen LogP contribution is 2.09. The van der Waals surface area contributed by atoms with Crippen LogP contribution in [0.4, 0.5) is 0 Å². The average molecular weight is 245 g/mol. The average Bonchev–Trinajstić information content (AvgIpc) is 2.90. The molecular weight excluding hydrogens is 230 g/mol. The quantitative estimate of drug-likeness (QED) is 0.810. The van der Waals surface area contributed by atoms with Crippen molar-refractivity contribution in [2.24, 2.45) is 0 Å². The molecule has 3 heteroatoms. The van der Waals surface area contributed by atoms with E-state index in [1.54, 1.807) is 16.2 Å². The van der Waals surface area contributed by atoms with E-state index < -0.39 is 0 Å². The maximum Gasteiger partial charge on any atom is 0.254 e. The molecule has 0 aliphatic heterocycles. The van der Waals surface area contributed by atoms with Gasteiger partial charge in [-0.15, -0.1) is 0 Å². The molecule has 0 fully saturated rings. The van der Waals surface area contributed by atoms with Crippen molar-refractivity contribution in [3.8, 4) is 0 Å². The zero-order valence-corrected chi connectivity index (χ0v) is 10.6. The van der Waals surface area contributed by atoms with Gasteiger partial charge in [-0.2, -0.15) is 11.3 Å². The van der Waals surface area contributed by atoms with Crippen molar-refractivity contribution in [3.63, 3.8) is 0 Å². The molecule has 1 aromatic carbocycles. The molecule has 0 unspecified atom stereocenters. The zero-order chi connectivity index (χ0) is 12.1. The fourth-order valence-electron chi connectivity index (χ4n) is 1.65. The van der Waals surface area contributed by atoms with Crippen molar-refractivity contribution in [2.45, 2.75) is 6.42 Å². The minimum absolute atomic E-state index is 0.0992. The smallest absolute Gasteiger partial charge is 0.254 e. The molecule has 17 heavy (non-hydrogen) atoms. The Labute approximate surface area is 106 Å². The summed E-state index contributed by atoms with van der Waals surface area (Å²) in [5.74, 6) is 0.0992. The lowest BCUT2D eigenvalue weighted by atomic mass is 10.1. The van der Waals surface area contributed by atoms with Crippen LogP contribution in [0.15, 0.2) is 47.2 Å². The van der Waals surface area contributed by atoms with Gasteiger partial charge in [-0.3, -0.25) is 4.79 Å².